The average Bonchev–Trinajstić information content (AvgIpc) is 2.86. The molecule has 2 aromatic carbocycles. The van der Waals surface area contributed by atoms with E-state index in [9.17, 15) is 4.79 Å². The van der Waals surface area contributed by atoms with Gasteiger partial charge >= 0.3 is 0 Å². The molecule has 2 fully saturated rings. The molecule has 1 amide bonds. The van der Waals surface area contributed by atoms with Crippen molar-refractivity contribution in [2.75, 3.05) is 25.0 Å². The van der Waals surface area contributed by atoms with Crippen LogP contribution in [0.5, 0.6) is 0 Å². The van der Waals surface area contributed by atoms with Crippen LogP contribution in [0.15, 0.2) is 47.5 Å². The minimum Gasteiger partial charge on any atom is -0.370 e. The molecule has 1 saturated heterocycles. The summed E-state index contributed by atoms with van der Waals surface area (Å²) in [7, 11) is 0. The van der Waals surface area contributed by atoms with Crippen molar-refractivity contribution in [1.82, 2.24) is 10.2 Å². The van der Waals surface area contributed by atoms with E-state index in [1.165, 1.54) is 32.1 Å². The number of aliphatic imine (C=N–C) groups is 1. The zero-order valence-corrected chi connectivity index (χ0v) is 23.4. The van der Waals surface area contributed by atoms with Gasteiger partial charge in [0, 0.05) is 59.8 Å². The van der Waals surface area contributed by atoms with E-state index >= 15 is 0 Å². The van der Waals surface area contributed by atoms with E-state index in [-0.39, 0.29) is 18.2 Å². The van der Waals surface area contributed by atoms with Gasteiger partial charge in [0.05, 0.1) is 0 Å². The number of carbonyl (C=O) groups excluding carboxylic acids is 1. The average molecular weight is 545 g/mol. The van der Waals surface area contributed by atoms with Crippen LogP contribution in [0.1, 0.15) is 69.4 Å². The lowest BCUT2D eigenvalue weighted by Crippen LogP contribution is -2.57. The van der Waals surface area contributed by atoms with E-state index in [1.54, 1.807) is 12.1 Å². The van der Waals surface area contributed by atoms with E-state index in [4.69, 9.17) is 33.9 Å². The van der Waals surface area contributed by atoms with Gasteiger partial charge in [-0.1, -0.05) is 60.7 Å². The molecule has 6 nitrogen and oxygen atoms in total. The number of hydrogen-bond acceptors (Lipinski definition) is 3. The minimum atomic E-state index is -0.378. The van der Waals surface area contributed by atoms with Crippen molar-refractivity contribution in [3.63, 3.8) is 0 Å². The summed E-state index contributed by atoms with van der Waals surface area (Å²) >= 11 is 12.6. The van der Waals surface area contributed by atoms with Gasteiger partial charge in [-0.15, -0.1) is 0 Å². The summed E-state index contributed by atoms with van der Waals surface area (Å²) < 4.78 is 0. The third kappa shape index (κ3) is 7.86. The molecule has 37 heavy (non-hydrogen) atoms. The summed E-state index contributed by atoms with van der Waals surface area (Å²) in [4.78, 5) is 19.4. The van der Waals surface area contributed by atoms with Crippen LogP contribution in [0.4, 0.5) is 5.69 Å². The molecule has 0 aromatic heterocycles. The van der Waals surface area contributed by atoms with Crippen LogP contribution in [-0.4, -0.2) is 48.5 Å². The number of nitrogens with zero attached hydrogens (tertiary/aromatic N) is 2. The minimum absolute atomic E-state index is 0.165. The summed E-state index contributed by atoms with van der Waals surface area (Å²) in [5.41, 5.74) is 8.37. The number of piperazine rings is 1. The Hall–Kier alpha value is -2.28. The summed E-state index contributed by atoms with van der Waals surface area (Å²) in [6.07, 6.45) is 6.69. The Morgan fingerprint density at radius 1 is 1.08 bits per heavy atom. The number of rotatable bonds is 7. The van der Waals surface area contributed by atoms with Gasteiger partial charge in [-0.2, -0.15) is 0 Å². The Kier molecular flexibility index (Phi) is 9.74. The Balaban J connectivity index is 1.55. The molecule has 1 saturated carbocycles. The van der Waals surface area contributed by atoms with E-state index in [1.807, 2.05) is 30.3 Å². The lowest BCUT2D eigenvalue weighted by molar-refractivity contribution is -0.118. The fourth-order valence-electron chi connectivity index (χ4n) is 5.62. The maximum Gasteiger partial charge on any atom is 0.218 e. The highest BCUT2D eigenvalue weighted by molar-refractivity contribution is 6.35. The Morgan fingerprint density at radius 3 is 2.38 bits per heavy atom. The van der Waals surface area contributed by atoms with Gasteiger partial charge in [0.2, 0.25) is 5.91 Å². The van der Waals surface area contributed by atoms with Crippen LogP contribution in [0, 0.1) is 5.92 Å². The van der Waals surface area contributed by atoms with Gasteiger partial charge in [-0.3, -0.25) is 9.79 Å². The predicted octanol–water partition coefficient (Wildman–Crippen LogP) is 6.03. The SMILES string of the molecule is CC1CN(C(=NCC2CCCCC2)Nc2ccc(C(CC(N)=O)c3ccc(Cl)cc3Cl)cc2)CC(C)N1. The molecular formula is C29H39Cl2N5O. The molecule has 200 valence electrons. The van der Waals surface area contributed by atoms with Crippen LogP contribution >= 0.6 is 23.2 Å². The number of halogens is 2. The topological polar surface area (TPSA) is 82.8 Å². The third-order valence-electron chi connectivity index (χ3n) is 7.39. The highest BCUT2D eigenvalue weighted by Crippen LogP contribution is 2.35. The van der Waals surface area contributed by atoms with Crippen molar-refractivity contribution in [2.24, 2.45) is 16.6 Å². The van der Waals surface area contributed by atoms with Gasteiger partial charge < -0.3 is 21.3 Å². The van der Waals surface area contributed by atoms with Crippen LogP contribution in [0.3, 0.4) is 0 Å². The van der Waals surface area contributed by atoms with Gasteiger partial charge in [-0.05, 0) is 68.0 Å². The number of nitrogens with two attached hydrogens (primary N) is 1. The molecule has 3 unspecified atom stereocenters. The molecule has 0 bridgehead atoms. The van der Waals surface area contributed by atoms with Gasteiger partial charge in [0.15, 0.2) is 5.96 Å². The second-order valence-electron chi connectivity index (χ2n) is 10.7. The van der Waals surface area contributed by atoms with Crippen molar-refractivity contribution in [3.8, 4) is 0 Å². The fourth-order valence-corrected chi connectivity index (χ4v) is 6.16. The first kappa shape index (κ1) is 27.7. The number of amides is 1. The number of anilines is 1. The Morgan fingerprint density at radius 2 is 1.76 bits per heavy atom. The largest absolute Gasteiger partial charge is 0.370 e. The molecule has 1 aliphatic heterocycles. The molecule has 2 aliphatic rings. The van der Waals surface area contributed by atoms with Crippen molar-refractivity contribution >= 4 is 40.8 Å². The zero-order chi connectivity index (χ0) is 26.4. The maximum absolute atomic E-state index is 11.9. The van der Waals surface area contributed by atoms with Gasteiger partial charge in [-0.25, -0.2) is 0 Å². The van der Waals surface area contributed by atoms with E-state index in [0.717, 1.165) is 42.4 Å². The lowest BCUT2D eigenvalue weighted by atomic mass is 9.88. The second kappa shape index (κ2) is 13.0. The van der Waals surface area contributed by atoms with Crippen LogP contribution in [0.25, 0.3) is 0 Å². The molecule has 8 heteroatoms. The number of guanidine groups is 1. The van der Waals surface area contributed by atoms with E-state index in [2.05, 4.69) is 29.4 Å². The second-order valence-corrected chi connectivity index (χ2v) is 11.5. The van der Waals surface area contributed by atoms with Gasteiger partial charge in [0.1, 0.15) is 0 Å². The number of hydrogen-bond donors (Lipinski definition) is 3. The summed E-state index contributed by atoms with van der Waals surface area (Å²) in [5.74, 6) is 0.986. The number of nitrogens with one attached hydrogen (secondary N) is 2. The van der Waals surface area contributed by atoms with Crippen molar-refractivity contribution in [3.05, 3.63) is 63.6 Å². The highest BCUT2D eigenvalue weighted by Gasteiger charge is 2.25. The highest BCUT2D eigenvalue weighted by atomic mass is 35.5. The molecule has 1 aliphatic carbocycles. The first-order valence-corrected chi connectivity index (χ1v) is 14.2. The molecule has 1 heterocycles. The van der Waals surface area contributed by atoms with E-state index in [0.29, 0.717) is 28.0 Å². The summed E-state index contributed by atoms with van der Waals surface area (Å²) in [5, 5.41) is 8.30. The quantitative estimate of drug-likeness (QED) is 0.294. The van der Waals surface area contributed by atoms with Crippen LogP contribution in [-0.2, 0) is 4.79 Å². The zero-order valence-electron chi connectivity index (χ0n) is 21.9. The Bertz CT molecular complexity index is 1070. The molecule has 4 rings (SSSR count). The van der Waals surface area contributed by atoms with Crippen molar-refractivity contribution in [2.45, 2.75) is 70.4 Å². The lowest BCUT2D eigenvalue weighted by Gasteiger charge is -2.38. The predicted molar refractivity (Wildman–Crippen MR) is 155 cm³/mol. The van der Waals surface area contributed by atoms with Crippen molar-refractivity contribution in [1.29, 1.82) is 0 Å². The Labute approximate surface area is 231 Å². The fraction of sp³-hybridized carbons (Fsp3) is 0.517. The van der Waals surface area contributed by atoms with E-state index < -0.39 is 0 Å². The summed E-state index contributed by atoms with van der Waals surface area (Å²) in [6, 6.07) is 14.3. The van der Waals surface area contributed by atoms with Crippen molar-refractivity contribution < 1.29 is 4.79 Å². The van der Waals surface area contributed by atoms with Gasteiger partial charge in [0.25, 0.3) is 0 Å². The molecule has 3 atom stereocenters. The normalized spacial score (nSPS) is 22.1. The number of primary amides is 1. The molecule has 0 spiro atoms. The third-order valence-corrected chi connectivity index (χ3v) is 7.96. The van der Waals surface area contributed by atoms with Crippen LogP contribution < -0.4 is 16.4 Å². The molecule has 0 radical (unpaired) electrons. The maximum atomic E-state index is 11.9. The standard InChI is InChI=1S/C29H39Cl2N5O/c1-19-17-36(18-20(2)34-19)29(33-16-21-6-4-3-5-7-21)35-24-11-8-22(9-12-24)26(15-28(32)37)25-13-10-23(30)14-27(25)31/h8-14,19-21,26,34H,3-7,15-18H2,1-2H3,(H2,32,37)(H,33,35). The summed E-state index contributed by atoms with van der Waals surface area (Å²) in [6.45, 7) is 7.13. The molecule has 4 N–H and O–H groups in total. The number of carbonyl (C=O) groups is 1. The molecule has 2 aromatic rings. The number of benzene rings is 2. The first-order valence-electron chi connectivity index (χ1n) is 13.4. The van der Waals surface area contributed by atoms with Crippen LogP contribution in [0.2, 0.25) is 10.0 Å². The smallest absolute Gasteiger partial charge is 0.218 e. The monoisotopic (exact) mass is 543 g/mol. The first-order chi connectivity index (χ1) is 17.8. The molecular weight excluding hydrogens is 505 g/mol.